The molecule has 1 N–H and O–H groups in total. The van der Waals surface area contributed by atoms with Crippen LogP contribution in [0.2, 0.25) is 15.1 Å². The Bertz CT molecular complexity index is 1260. The number of aromatic nitrogens is 4. The number of nitrogens with zero attached hydrogens (tertiary/aromatic N) is 4. The minimum absolute atomic E-state index is 0.150. The van der Waals surface area contributed by atoms with Crippen molar-refractivity contribution in [1.29, 1.82) is 0 Å². The number of aryl methyl sites for hydroxylation is 1. The molecular weight excluding hydrogens is 497 g/mol. The van der Waals surface area contributed by atoms with Crippen LogP contribution in [0.3, 0.4) is 0 Å². The summed E-state index contributed by atoms with van der Waals surface area (Å²) in [5, 5.41) is 13.9. The minimum atomic E-state index is -0.196. The Morgan fingerprint density at radius 3 is 2.68 bits per heavy atom. The van der Waals surface area contributed by atoms with Crippen molar-refractivity contribution in [3.8, 4) is 16.9 Å². The number of imidazole rings is 1. The third kappa shape index (κ3) is 5.22. The average molecular weight is 511 g/mol. The van der Waals surface area contributed by atoms with Crippen molar-refractivity contribution in [1.82, 2.24) is 19.7 Å². The van der Waals surface area contributed by atoms with Crippen molar-refractivity contribution in [2.45, 2.75) is 12.1 Å². The summed E-state index contributed by atoms with van der Waals surface area (Å²) in [6, 6.07) is 12.8. The SMILES string of the molecule is Cc1nnc(NC(=O)CSc2ncc(-c3ccc(Cl)c(Cl)c3)n2-c2cccc(Cl)c2)s1. The Balaban J connectivity index is 1.65. The van der Waals surface area contributed by atoms with Crippen molar-refractivity contribution in [3.63, 3.8) is 0 Å². The lowest BCUT2D eigenvalue weighted by atomic mass is 10.1. The van der Waals surface area contributed by atoms with Gasteiger partial charge in [-0.2, -0.15) is 0 Å². The van der Waals surface area contributed by atoms with E-state index in [0.29, 0.717) is 25.4 Å². The van der Waals surface area contributed by atoms with Gasteiger partial charge in [-0.25, -0.2) is 4.98 Å². The molecule has 0 spiro atoms. The van der Waals surface area contributed by atoms with Gasteiger partial charge in [0.2, 0.25) is 11.0 Å². The lowest BCUT2D eigenvalue weighted by molar-refractivity contribution is -0.113. The van der Waals surface area contributed by atoms with Crippen LogP contribution in [-0.4, -0.2) is 31.4 Å². The van der Waals surface area contributed by atoms with E-state index in [1.54, 1.807) is 24.4 Å². The van der Waals surface area contributed by atoms with Gasteiger partial charge in [-0.1, -0.05) is 70.0 Å². The molecule has 4 aromatic rings. The molecule has 11 heteroatoms. The smallest absolute Gasteiger partial charge is 0.236 e. The Morgan fingerprint density at radius 1 is 1.13 bits per heavy atom. The van der Waals surface area contributed by atoms with E-state index in [0.717, 1.165) is 22.0 Å². The number of nitrogens with one attached hydrogen (secondary N) is 1. The molecule has 0 aliphatic rings. The summed E-state index contributed by atoms with van der Waals surface area (Å²) in [6.07, 6.45) is 1.73. The van der Waals surface area contributed by atoms with Gasteiger partial charge in [0.1, 0.15) is 5.01 Å². The van der Waals surface area contributed by atoms with Gasteiger partial charge in [-0.15, -0.1) is 10.2 Å². The lowest BCUT2D eigenvalue weighted by Gasteiger charge is -2.13. The van der Waals surface area contributed by atoms with Crippen molar-refractivity contribution in [2.24, 2.45) is 0 Å². The molecule has 0 unspecified atom stereocenters. The number of benzene rings is 2. The van der Waals surface area contributed by atoms with E-state index >= 15 is 0 Å². The Kier molecular flexibility index (Phi) is 6.83. The molecule has 0 bridgehead atoms. The summed E-state index contributed by atoms with van der Waals surface area (Å²) in [4.78, 5) is 16.9. The van der Waals surface area contributed by atoms with Crippen molar-refractivity contribution in [2.75, 3.05) is 11.1 Å². The molecule has 0 fully saturated rings. The molecule has 0 saturated heterocycles. The van der Waals surface area contributed by atoms with Crippen molar-refractivity contribution < 1.29 is 4.79 Å². The first-order valence-corrected chi connectivity index (χ1v) is 11.9. The van der Waals surface area contributed by atoms with E-state index in [4.69, 9.17) is 34.8 Å². The van der Waals surface area contributed by atoms with Gasteiger partial charge in [-0.3, -0.25) is 14.7 Å². The monoisotopic (exact) mass is 509 g/mol. The number of halogens is 3. The molecule has 0 aliphatic carbocycles. The van der Waals surface area contributed by atoms with E-state index in [9.17, 15) is 4.79 Å². The first-order valence-electron chi connectivity index (χ1n) is 8.92. The van der Waals surface area contributed by atoms with Gasteiger partial charge in [0.15, 0.2) is 5.16 Å². The molecule has 6 nitrogen and oxygen atoms in total. The summed E-state index contributed by atoms with van der Waals surface area (Å²) in [5.74, 6) is -0.0466. The van der Waals surface area contributed by atoms with Crippen LogP contribution in [0.25, 0.3) is 16.9 Å². The molecule has 0 aliphatic heterocycles. The van der Waals surface area contributed by atoms with Crippen LogP contribution in [0.15, 0.2) is 53.8 Å². The summed E-state index contributed by atoms with van der Waals surface area (Å²) in [6.45, 7) is 1.83. The number of rotatable bonds is 6. The minimum Gasteiger partial charge on any atom is -0.300 e. The Hall–Kier alpha value is -2.10. The molecule has 1 amide bonds. The zero-order chi connectivity index (χ0) is 22.0. The molecule has 158 valence electrons. The molecule has 2 aromatic heterocycles. The summed E-state index contributed by atoms with van der Waals surface area (Å²) in [7, 11) is 0. The third-order valence-corrected chi connectivity index (χ3v) is 6.80. The lowest BCUT2D eigenvalue weighted by Crippen LogP contribution is -2.14. The second-order valence-electron chi connectivity index (χ2n) is 6.33. The van der Waals surface area contributed by atoms with E-state index < -0.39 is 0 Å². The fourth-order valence-electron chi connectivity index (χ4n) is 2.79. The topological polar surface area (TPSA) is 72.7 Å². The highest BCUT2D eigenvalue weighted by Gasteiger charge is 2.17. The Morgan fingerprint density at radius 2 is 1.97 bits per heavy atom. The number of anilines is 1. The zero-order valence-corrected chi connectivity index (χ0v) is 19.9. The van der Waals surface area contributed by atoms with Crippen LogP contribution >= 0.6 is 57.9 Å². The van der Waals surface area contributed by atoms with Gasteiger partial charge < -0.3 is 0 Å². The van der Waals surface area contributed by atoms with Crippen LogP contribution < -0.4 is 5.32 Å². The van der Waals surface area contributed by atoms with Gasteiger partial charge in [-0.05, 0) is 37.3 Å². The normalized spacial score (nSPS) is 11.0. The molecule has 2 heterocycles. The highest BCUT2D eigenvalue weighted by Crippen LogP contribution is 2.34. The number of amides is 1. The number of hydrogen-bond acceptors (Lipinski definition) is 6. The largest absolute Gasteiger partial charge is 0.300 e. The molecule has 4 rings (SSSR count). The van der Waals surface area contributed by atoms with E-state index in [2.05, 4.69) is 20.5 Å². The van der Waals surface area contributed by atoms with Gasteiger partial charge in [0.05, 0.1) is 27.7 Å². The number of thioether (sulfide) groups is 1. The summed E-state index contributed by atoms with van der Waals surface area (Å²) in [5.41, 5.74) is 2.44. The van der Waals surface area contributed by atoms with Crippen LogP contribution in [0.4, 0.5) is 5.13 Å². The predicted molar refractivity (Wildman–Crippen MR) is 128 cm³/mol. The van der Waals surface area contributed by atoms with Gasteiger partial charge in [0, 0.05) is 16.3 Å². The fraction of sp³-hybridized carbons (Fsp3) is 0.100. The number of hydrogen-bond donors (Lipinski definition) is 1. The summed E-state index contributed by atoms with van der Waals surface area (Å²) >= 11 is 21.1. The quantitative estimate of drug-likeness (QED) is 0.304. The Labute approximate surface area is 201 Å². The zero-order valence-electron chi connectivity index (χ0n) is 16.0. The van der Waals surface area contributed by atoms with Crippen LogP contribution in [0.5, 0.6) is 0 Å². The molecule has 0 atom stereocenters. The van der Waals surface area contributed by atoms with Gasteiger partial charge in [0.25, 0.3) is 0 Å². The highest BCUT2D eigenvalue weighted by atomic mass is 35.5. The van der Waals surface area contributed by atoms with E-state index in [1.807, 2.05) is 35.8 Å². The number of carbonyl (C=O) groups is 1. The molecule has 0 saturated carbocycles. The van der Waals surface area contributed by atoms with Crippen LogP contribution in [-0.2, 0) is 4.79 Å². The predicted octanol–water partition coefficient (Wildman–Crippen LogP) is 6.39. The van der Waals surface area contributed by atoms with Gasteiger partial charge >= 0.3 is 0 Å². The van der Waals surface area contributed by atoms with Crippen LogP contribution in [0, 0.1) is 6.92 Å². The first kappa shape index (κ1) is 22.1. The van der Waals surface area contributed by atoms with Crippen molar-refractivity contribution in [3.05, 3.63) is 68.7 Å². The third-order valence-electron chi connectivity index (χ3n) is 4.12. The maximum Gasteiger partial charge on any atom is 0.236 e. The first-order chi connectivity index (χ1) is 14.9. The van der Waals surface area contributed by atoms with Crippen molar-refractivity contribution >= 4 is 68.9 Å². The second-order valence-corrected chi connectivity index (χ2v) is 9.71. The molecular formula is C20H14Cl3N5OS2. The average Bonchev–Trinajstić information content (AvgIpc) is 3.34. The maximum atomic E-state index is 12.4. The maximum absolute atomic E-state index is 12.4. The highest BCUT2D eigenvalue weighted by molar-refractivity contribution is 7.99. The second kappa shape index (κ2) is 9.58. The van der Waals surface area contributed by atoms with Crippen LogP contribution in [0.1, 0.15) is 5.01 Å². The number of carbonyl (C=O) groups excluding carboxylic acids is 1. The molecule has 0 radical (unpaired) electrons. The fourth-order valence-corrected chi connectivity index (χ4v) is 4.68. The summed E-state index contributed by atoms with van der Waals surface area (Å²) < 4.78 is 1.93. The molecule has 2 aromatic carbocycles. The van der Waals surface area contributed by atoms with E-state index in [-0.39, 0.29) is 11.7 Å². The van der Waals surface area contributed by atoms with E-state index in [1.165, 1.54) is 23.1 Å². The molecule has 31 heavy (non-hydrogen) atoms. The standard InChI is InChI=1S/C20H14Cl3N5OS2/c1-11-26-27-19(31-11)25-18(29)10-30-20-24-9-17(12-5-6-15(22)16(23)7-12)28(20)14-4-2-3-13(21)8-14/h2-9H,10H2,1H3,(H,25,27,29).